The second-order valence-electron chi connectivity index (χ2n) is 2.19. The first-order chi connectivity index (χ1) is 5.15. The zero-order valence-electron chi connectivity index (χ0n) is 5.86. The summed E-state index contributed by atoms with van der Waals surface area (Å²) < 4.78 is 2.12. The molecule has 0 saturated heterocycles. The molecule has 0 radical (unpaired) electrons. The van der Waals surface area contributed by atoms with E-state index >= 15 is 0 Å². The van der Waals surface area contributed by atoms with E-state index in [2.05, 4.69) is 44.6 Å². The van der Waals surface area contributed by atoms with E-state index in [0.29, 0.717) is 0 Å². The molecule has 1 aromatic carbocycles. The SMILES string of the molecule is Cc1cc(I)c(Br)cc1C#N. The van der Waals surface area contributed by atoms with Gasteiger partial charge in [0.1, 0.15) is 0 Å². The summed E-state index contributed by atoms with van der Waals surface area (Å²) in [5.41, 5.74) is 1.76. The van der Waals surface area contributed by atoms with Crippen LogP contribution in [0.1, 0.15) is 11.1 Å². The maximum absolute atomic E-state index is 8.66. The molecule has 0 N–H and O–H groups in total. The molecule has 11 heavy (non-hydrogen) atoms. The summed E-state index contributed by atoms with van der Waals surface area (Å²) in [5, 5.41) is 8.66. The summed E-state index contributed by atoms with van der Waals surface area (Å²) >= 11 is 5.59. The van der Waals surface area contributed by atoms with E-state index in [1.54, 1.807) is 0 Å². The minimum absolute atomic E-state index is 0.734. The number of hydrogen-bond donors (Lipinski definition) is 0. The van der Waals surface area contributed by atoms with Crippen molar-refractivity contribution in [1.29, 1.82) is 5.26 Å². The summed E-state index contributed by atoms with van der Waals surface area (Å²) in [6.07, 6.45) is 0. The zero-order chi connectivity index (χ0) is 8.43. The topological polar surface area (TPSA) is 23.8 Å². The number of halogens is 2. The fourth-order valence-electron chi connectivity index (χ4n) is 0.767. The van der Waals surface area contributed by atoms with Crippen molar-refractivity contribution in [3.05, 3.63) is 31.3 Å². The van der Waals surface area contributed by atoms with Gasteiger partial charge >= 0.3 is 0 Å². The molecule has 1 rings (SSSR count). The molecular formula is C8H5BrIN. The molecule has 3 heteroatoms. The van der Waals surface area contributed by atoms with Crippen molar-refractivity contribution in [1.82, 2.24) is 0 Å². The van der Waals surface area contributed by atoms with E-state index in [4.69, 9.17) is 5.26 Å². The molecule has 1 nitrogen and oxygen atoms in total. The van der Waals surface area contributed by atoms with E-state index < -0.39 is 0 Å². The Labute approximate surface area is 87.7 Å². The normalized spacial score (nSPS) is 9.27. The Morgan fingerprint density at radius 2 is 2.18 bits per heavy atom. The first-order valence-electron chi connectivity index (χ1n) is 3.01. The van der Waals surface area contributed by atoms with Gasteiger partial charge in [-0.3, -0.25) is 0 Å². The van der Waals surface area contributed by atoms with Crippen LogP contribution < -0.4 is 0 Å². The van der Waals surface area contributed by atoms with Gasteiger partial charge in [-0.05, 0) is 63.1 Å². The lowest BCUT2D eigenvalue weighted by molar-refractivity contribution is 1.36. The van der Waals surface area contributed by atoms with E-state index in [9.17, 15) is 0 Å². The Kier molecular flexibility index (Phi) is 2.90. The van der Waals surface area contributed by atoms with E-state index in [1.165, 1.54) is 0 Å². The average molecular weight is 322 g/mol. The van der Waals surface area contributed by atoms with Crippen molar-refractivity contribution in [2.45, 2.75) is 6.92 Å². The number of benzene rings is 1. The largest absolute Gasteiger partial charge is 0.192 e. The average Bonchev–Trinajstić information content (AvgIpc) is 1.97. The molecule has 0 unspecified atom stereocenters. The van der Waals surface area contributed by atoms with Crippen LogP contribution in [0.2, 0.25) is 0 Å². The van der Waals surface area contributed by atoms with Gasteiger partial charge in [-0.25, -0.2) is 0 Å². The number of nitrogens with zero attached hydrogens (tertiary/aromatic N) is 1. The highest BCUT2D eigenvalue weighted by atomic mass is 127. The summed E-state index contributed by atoms with van der Waals surface area (Å²) in [5.74, 6) is 0. The standard InChI is InChI=1S/C8H5BrIN/c1-5-2-8(10)7(9)3-6(5)4-11/h2-3H,1H3. The van der Waals surface area contributed by atoms with Gasteiger partial charge in [-0.2, -0.15) is 5.26 Å². The monoisotopic (exact) mass is 321 g/mol. The quantitative estimate of drug-likeness (QED) is 0.673. The van der Waals surface area contributed by atoms with Crippen LogP contribution in [0.3, 0.4) is 0 Å². The van der Waals surface area contributed by atoms with Gasteiger partial charge in [0.05, 0.1) is 11.6 Å². The molecule has 0 amide bonds. The minimum atomic E-state index is 0.734. The van der Waals surface area contributed by atoms with Crippen LogP contribution in [0.15, 0.2) is 16.6 Å². The molecule has 0 saturated carbocycles. The molecule has 0 aliphatic heterocycles. The maximum Gasteiger partial charge on any atom is 0.0994 e. The van der Waals surface area contributed by atoms with Gasteiger partial charge in [0.2, 0.25) is 0 Å². The molecule has 0 heterocycles. The number of rotatable bonds is 0. The fourth-order valence-corrected chi connectivity index (χ4v) is 1.73. The lowest BCUT2D eigenvalue weighted by atomic mass is 10.1. The number of hydrogen-bond acceptors (Lipinski definition) is 1. The highest BCUT2D eigenvalue weighted by Gasteiger charge is 2.01. The third-order valence-electron chi connectivity index (χ3n) is 1.39. The second kappa shape index (κ2) is 3.55. The molecule has 0 aliphatic carbocycles. The lowest BCUT2D eigenvalue weighted by Gasteiger charge is -1.99. The Bertz CT molecular complexity index is 328. The highest BCUT2D eigenvalue weighted by molar-refractivity contribution is 14.1. The molecule has 1 aromatic rings. The maximum atomic E-state index is 8.66. The third-order valence-corrected chi connectivity index (χ3v) is 3.68. The molecule has 0 spiro atoms. The molecule has 0 atom stereocenters. The van der Waals surface area contributed by atoms with Crippen LogP contribution in [0.5, 0.6) is 0 Å². The van der Waals surface area contributed by atoms with E-state index in [1.807, 2.05) is 19.1 Å². The smallest absolute Gasteiger partial charge is 0.0994 e. The van der Waals surface area contributed by atoms with Gasteiger partial charge in [0.15, 0.2) is 0 Å². The van der Waals surface area contributed by atoms with Gasteiger partial charge in [0.25, 0.3) is 0 Å². The Balaban J connectivity index is 3.35. The van der Waals surface area contributed by atoms with Crippen molar-refractivity contribution in [3.63, 3.8) is 0 Å². The number of aryl methyl sites for hydroxylation is 1. The minimum Gasteiger partial charge on any atom is -0.192 e. The Morgan fingerprint density at radius 1 is 1.55 bits per heavy atom. The van der Waals surface area contributed by atoms with Crippen molar-refractivity contribution in [3.8, 4) is 6.07 Å². The van der Waals surface area contributed by atoms with Crippen LogP contribution in [0.25, 0.3) is 0 Å². The fraction of sp³-hybridized carbons (Fsp3) is 0.125. The molecule has 0 aliphatic rings. The predicted octanol–water partition coefficient (Wildman–Crippen LogP) is 3.23. The van der Waals surface area contributed by atoms with Gasteiger partial charge in [0, 0.05) is 8.04 Å². The van der Waals surface area contributed by atoms with Crippen molar-refractivity contribution < 1.29 is 0 Å². The van der Waals surface area contributed by atoms with Crippen LogP contribution in [0.4, 0.5) is 0 Å². The van der Waals surface area contributed by atoms with Crippen molar-refractivity contribution >= 4 is 38.5 Å². The molecular weight excluding hydrogens is 317 g/mol. The highest BCUT2D eigenvalue weighted by Crippen LogP contribution is 2.22. The first-order valence-corrected chi connectivity index (χ1v) is 4.88. The van der Waals surface area contributed by atoms with E-state index in [-0.39, 0.29) is 0 Å². The summed E-state index contributed by atoms with van der Waals surface area (Å²) in [6.45, 7) is 1.94. The van der Waals surface area contributed by atoms with Crippen LogP contribution in [-0.4, -0.2) is 0 Å². The molecule has 56 valence electrons. The van der Waals surface area contributed by atoms with Gasteiger partial charge in [-0.15, -0.1) is 0 Å². The van der Waals surface area contributed by atoms with Crippen molar-refractivity contribution in [2.24, 2.45) is 0 Å². The summed E-state index contributed by atoms with van der Waals surface area (Å²) in [6, 6.07) is 5.96. The first kappa shape index (κ1) is 9.01. The lowest BCUT2D eigenvalue weighted by Crippen LogP contribution is -1.84. The number of nitriles is 1. The predicted molar refractivity (Wildman–Crippen MR) is 56.3 cm³/mol. The molecule has 0 bridgehead atoms. The van der Waals surface area contributed by atoms with Crippen LogP contribution >= 0.6 is 38.5 Å². The Hall–Kier alpha value is -0.0800. The van der Waals surface area contributed by atoms with Crippen LogP contribution in [0, 0.1) is 21.8 Å². The summed E-state index contributed by atoms with van der Waals surface area (Å²) in [4.78, 5) is 0. The second-order valence-corrected chi connectivity index (χ2v) is 4.21. The van der Waals surface area contributed by atoms with Crippen molar-refractivity contribution in [2.75, 3.05) is 0 Å². The summed E-state index contributed by atoms with van der Waals surface area (Å²) in [7, 11) is 0. The molecule has 0 fully saturated rings. The molecule has 0 aromatic heterocycles. The third kappa shape index (κ3) is 1.94. The van der Waals surface area contributed by atoms with Gasteiger partial charge in [-0.1, -0.05) is 0 Å². The van der Waals surface area contributed by atoms with Gasteiger partial charge < -0.3 is 0 Å². The van der Waals surface area contributed by atoms with E-state index in [0.717, 1.165) is 19.2 Å². The zero-order valence-corrected chi connectivity index (χ0v) is 9.60. The van der Waals surface area contributed by atoms with Crippen LogP contribution in [-0.2, 0) is 0 Å². The Morgan fingerprint density at radius 3 is 2.73 bits per heavy atom.